The van der Waals surface area contributed by atoms with E-state index in [2.05, 4.69) is 4.98 Å². The van der Waals surface area contributed by atoms with Crippen molar-refractivity contribution < 1.29 is 13.9 Å². The van der Waals surface area contributed by atoms with Crippen LogP contribution < -0.4 is 0 Å². The normalized spacial score (nSPS) is 10.9. The summed E-state index contributed by atoms with van der Waals surface area (Å²) >= 11 is 2.75. The van der Waals surface area contributed by atoms with E-state index < -0.39 is 5.97 Å². The maximum Gasteiger partial charge on any atom is 0.340 e. The van der Waals surface area contributed by atoms with E-state index in [1.165, 1.54) is 35.8 Å². The molecule has 0 unspecified atom stereocenters. The number of rotatable bonds is 6. The van der Waals surface area contributed by atoms with E-state index in [0.29, 0.717) is 26.3 Å². The lowest BCUT2D eigenvalue weighted by Crippen LogP contribution is -2.07. The summed E-state index contributed by atoms with van der Waals surface area (Å²) in [6, 6.07) is 22.5. The third-order valence-electron chi connectivity index (χ3n) is 4.30. The van der Waals surface area contributed by atoms with E-state index in [-0.39, 0.29) is 12.4 Å². The minimum atomic E-state index is -0.464. The number of hydrogen-bond donors (Lipinski definition) is 0. The van der Waals surface area contributed by atoms with Gasteiger partial charge in [-0.15, -0.1) is 0 Å². The molecule has 30 heavy (non-hydrogen) atoms. The molecule has 0 saturated heterocycles. The van der Waals surface area contributed by atoms with Crippen LogP contribution in [0.15, 0.2) is 98.6 Å². The van der Waals surface area contributed by atoms with Gasteiger partial charge in [0.2, 0.25) is 0 Å². The summed E-state index contributed by atoms with van der Waals surface area (Å²) in [5.74, 6) is -0.817. The Labute approximate surface area is 182 Å². The molecule has 1 aromatic heterocycles. The molecule has 0 spiro atoms. The first-order valence-corrected chi connectivity index (χ1v) is 11.0. The number of aromatic nitrogens is 1. The van der Waals surface area contributed by atoms with Gasteiger partial charge in [0.15, 0.2) is 0 Å². The summed E-state index contributed by atoms with van der Waals surface area (Å²) < 4.78 is 20.2. The van der Waals surface area contributed by atoms with Gasteiger partial charge < -0.3 is 4.74 Å². The van der Waals surface area contributed by atoms with E-state index in [4.69, 9.17) is 4.74 Å². The predicted octanol–water partition coefficient (Wildman–Crippen LogP) is 6.85. The quantitative estimate of drug-likeness (QED) is 0.310. The molecule has 0 amide bonds. The minimum Gasteiger partial charge on any atom is -0.462 e. The molecule has 6 heteroatoms. The molecule has 3 aromatic carbocycles. The van der Waals surface area contributed by atoms with Gasteiger partial charge in [-0.2, -0.15) is 0 Å². The highest BCUT2D eigenvalue weighted by molar-refractivity contribution is 7.99. The summed E-state index contributed by atoms with van der Waals surface area (Å²) in [7, 11) is 0. The van der Waals surface area contributed by atoms with Crippen molar-refractivity contribution in [1.82, 2.24) is 4.98 Å². The van der Waals surface area contributed by atoms with Crippen molar-refractivity contribution in [3.05, 3.63) is 90.4 Å². The molecule has 1 heterocycles. The highest BCUT2D eigenvalue weighted by Gasteiger charge is 2.19. The van der Waals surface area contributed by atoms with Crippen molar-refractivity contribution in [1.29, 1.82) is 0 Å². The third kappa shape index (κ3) is 4.50. The number of carbonyl (C=O) groups excluding carboxylic acids is 1. The van der Waals surface area contributed by atoms with Crippen molar-refractivity contribution >= 4 is 40.4 Å². The molecular formula is C24H18FNO2S2. The van der Waals surface area contributed by atoms with Crippen LogP contribution in [-0.4, -0.2) is 17.6 Å². The molecule has 0 radical (unpaired) electrons. The standard InChI is InChI=1S/C24H18FNO2S2/c1-2-28-24(27)19-15-26-21-14-22(29-16-9-5-3-6-10-16)20(25)13-18(21)23(19)30-17-11-7-4-8-12-17/h3-15H,2H2,1H3. The van der Waals surface area contributed by atoms with E-state index >= 15 is 4.39 Å². The number of pyridine rings is 1. The SMILES string of the molecule is CCOC(=O)c1cnc2cc(Sc3ccccc3)c(F)cc2c1Sc1ccccc1. The van der Waals surface area contributed by atoms with Crippen molar-refractivity contribution in [3.8, 4) is 0 Å². The van der Waals surface area contributed by atoms with Gasteiger partial charge >= 0.3 is 5.97 Å². The zero-order chi connectivity index (χ0) is 20.9. The Morgan fingerprint density at radius 3 is 2.23 bits per heavy atom. The van der Waals surface area contributed by atoms with Crippen LogP contribution in [0.1, 0.15) is 17.3 Å². The summed E-state index contributed by atoms with van der Waals surface area (Å²) in [6.45, 7) is 2.01. The second-order valence-corrected chi connectivity index (χ2v) is 8.55. The van der Waals surface area contributed by atoms with Crippen LogP contribution in [0.5, 0.6) is 0 Å². The number of ether oxygens (including phenoxy) is 1. The molecule has 0 atom stereocenters. The van der Waals surface area contributed by atoms with Crippen LogP contribution in [0.2, 0.25) is 0 Å². The molecule has 0 aliphatic rings. The molecular weight excluding hydrogens is 417 g/mol. The maximum absolute atomic E-state index is 15.0. The zero-order valence-corrected chi connectivity index (χ0v) is 17.8. The van der Waals surface area contributed by atoms with Gasteiger partial charge in [-0.3, -0.25) is 4.98 Å². The number of nitrogens with zero attached hydrogens (tertiary/aromatic N) is 1. The van der Waals surface area contributed by atoms with Crippen LogP contribution in [0.25, 0.3) is 10.9 Å². The van der Waals surface area contributed by atoms with Gasteiger partial charge in [0.1, 0.15) is 5.82 Å². The number of carbonyl (C=O) groups is 1. The maximum atomic E-state index is 15.0. The third-order valence-corrected chi connectivity index (χ3v) is 6.49. The Morgan fingerprint density at radius 1 is 0.967 bits per heavy atom. The van der Waals surface area contributed by atoms with E-state index in [1.807, 2.05) is 60.7 Å². The topological polar surface area (TPSA) is 39.2 Å². The van der Waals surface area contributed by atoms with E-state index in [1.54, 1.807) is 13.0 Å². The summed E-state index contributed by atoms with van der Waals surface area (Å²) in [4.78, 5) is 20.0. The predicted molar refractivity (Wildman–Crippen MR) is 119 cm³/mol. The first-order chi connectivity index (χ1) is 14.7. The molecule has 4 aromatic rings. The second-order valence-electron chi connectivity index (χ2n) is 6.35. The van der Waals surface area contributed by atoms with Gasteiger partial charge in [-0.1, -0.05) is 59.9 Å². The molecule has 0 N–H and O–H groups in total. The Morgan fingerprint density at radius 2 is 1.60 bits per heavy atom. The molecule has 4 rings (SSSR count). The van der Waals surface area contributed by atoms with Crippen LogP contribution in [0.3, 0.4) is 0 Å². The summed E-state index contributed by atoms with van der Waals surface area (Å²) in [6.07, 6.45) is 1.51. The largest absolute Gasteiger partial charge is 0.462 e. The number of halogens is 1. The highest BCUT2D eigenvalue weighted by atomic mass is 32.2. The van der Waals surface area contributed by atoms with Crippen LogP contribution >= 0.6 is 23.5 Å². The fourth-order valence-corrected chi connectivity index (χ4v) is 4.86. The van der Waals surface area contributed by atoms with Crippen LogP contribution in [-0.2, 0) is 4.74 Å². The monoisotopic (exact) mass is 435 g/mol. The number of fused-ring (bicyclic) bond motifs is 1. The zero-order valence-electron chi connectivity index (χ0n) is 16.2. The highest BCUT2D eigenvalue weighted by Crippen LogP contribution is 2.39. The Kier molecular flexibility index (Phi) is 6.35. The van der Waals surface area contributed by atoms with E-state index in [9.17, 15) is 4.79 Å². The average Bonchev–Trinajstić information content (AvgIpc) is 2.76. The molecule has 0 saturated carbocycles. The van der Waals surface area contributed by atoms with Crippen molar-refractivity contribution in [3.63, 3.8) is 0 Å². The molecule has 150 valence electrons. The van der Waals surface area contributed by atoms with Gasteiger partial charge in [0.05, 0.1) is 22.6 Å². The lowest BCUT2D eigenvalue weighted by atomic mass is 10.1. The fraction of sp³-hybridized carbons (Fsp3) is 0.0833. The fourth-order valence-electron chi connectivity index (χ4n) is 2.93. The van der Waals surface area contributed by atoms with Gasteiger partial charge in [0, 0.05) is 26.3 Å². The lowest BCUT2D eigenvalue weighted by molar-refractivity contribution is 0.0522. The number of esters is 1. The lowest BCUT2D eigenvalue weighted by Gasteiger charge is -2.13. The van der Waals surface area contributed by atoms with Crippen molar-refractivity contribution in [2.45, 2.75) is 26.5 Å². The van der Waals surface area contributed by atoms with Gasteiger partial charge in [-0.25, -0.2) is 9.18 Å². The van der Waals surface area contributed by atoms with Gasteiger partial charge in [-0.05, 0) is 43.3 Å². The van der Waals surface area contributed by atoms with Crippen molar-refractivity contribution in [2.75, 3.05) is 6.61 Å². The molecule has 3 nitrogen and oxygen atoms in total. The number of benzene rings is 3. The Bertz CT molecular complexity index is 1180. The van der Waals surface area contributed by atoms with Gasteiger partial charge in [0.25, 0.3) is 0 Å². The molecule has 0 aliphatic heterocycles. The summed E-state index contributed by atoms with van der Waals surface area (Å²) in [5, 5.41) is 0.587. The second kappa shape index (κ2) is 9.32. The average molecular weight is 436 g/mol. The van der Waals surface area contributed by atoms with E-state index in [0.717, 1.165) is 9.79 Å². The van der Waals surface area contributed by atoms with Crippen molar-refractivity contribution in [2.24, 2.45) is 0 Å². The molecule has 0 aliphatic carbocycles. The van der Waals surface area contributed by atoms with Crippen LogP contribution in [0.4, 0.5) is 4.39 Å². The smallest absolute Gasteiger partial charge is 0.340 e. The van der Waals surface area contributed by atoms with Crippen LogP contribution in [0, 0.1) is 5.82 Å². The Balaban J connectivity index is 1.82. The first-order valence-electron chi connectivity index (χ1n) is 9.41. The summed E-state index contributed by atoms with van der Waals surface area (Å²) in [5.41, 5.74) is 0.961. The minimum absolute atomic E-state index is 0.257. The Hall–Kier alpha value is -2.83. The number of hydrogen-bond acceptors (Lipinski definition) is 5. The first kappa shape index (κ1) is 20.4. The molecule has 0 fully saturated rings. The molecule has 0 bridgehead atoms.